The Morgan fingerprint density at radius 2 is 2.17 bits per heavy atom. The van der Waals surface area contributed by atoms with Gasteiger partial charge in [0.2, 0.25) is 0 Å². The van der Waals surface area contributed by atoms with Crippen molar-refractivity contribution in [3.8, 4) is 0 Å². The molecule has 0 spiro atoms. The number of aromatic nitrogens is 2. The summed E-state index contributed by atoms with van der Waals surface area (Å²) in [7, 11) is 0. The van der Waals surface area contributed by atoms with E-state index in [9.17, 15) is 4.79 Å². The van der Waals surface area contributed by atoms with Crippen molar-refractivity contribution >= 4 is 28.4 Å². The molecule has 2 aromatic heterocycles. The van der Waals surface area contributed by atoms with E-state index in [4.69, 9.17) is 16.1 Å². The summed E-state index contributed by atoms with van der Waals surface area (Å²) in [6, 6.07) is 9.05. The van der Waals surface area contributed by atoms with Gasteiger partial charge in [-0.2, -0.15) is 0 Å². The molecule has 0 unspecified atom stereocenters. The lowest BCUT2D eigenvalue weighted by Crippen LogP contribution is -2.23. The van der Waals surface area contributed by atoms with Crippen LogP contribution in [0.4, 0.5) is 0 Å². The fraction of sp³-hybridized carbons (Fsp3) is 0.278. The van der Waals surface area contributed by atoms with Gasteiger partial charge in [0.1, 0.15) is 0 Å². The number of halogens is 1. The first-order valence-corrected chi connectivity index (χ1v) is 8.25. The number of carbonyl (C=O) groups is 1. The van der Waals surface area contributed by atoms with Crippen LogP contribution in [0.25, 0.3) is 10.9 Å². The summed E-state index contributed by atoms with van der Waals surface area (Å²) in [5.74, 6) is 0.445. The number of pyridine rings is 1. The molecule has 3 rings (SSSR count). The van der Waals surface area contributed by atoms with Crippen LogP contribution in [0.1, 0.15) is 40.9 Å². The minimum Gasteiger partial charge on any atom is -0.359 e. The number of hydrogen-bond donors (Lipinski definition) is 1. The number of nitrogens with one attached hydrogen (secondary N) is 1. The lowest BCUT2D eigenvalue weighted by atomic mass is 10.1. The number of carbonyl (C=O) groups excluding carboxylic acids is 1. The second-order valence-corrected chi connectivity index (χ2v) is 6.07. The quantitative estimate of drug-likeness (QED) is 0.758. The minimum absolute atomic E-state index is 0.193. The SMILES string of the molecule is CCCc1cc(CNC(=O)c2cc(C)nc3c(Cl)cccc23)on1. The number of aryl methyl sites for hydroxylation is 2. The van der Waals surface area contributed by atoms with Gasteiger partial charge in [-0.3, -0.25) is 9.78 Å². The molecule has 1 amide bonds. The maximum Gasteiger partial charge on any atom is 0.252 e. The van der Waals surface area contributed by atoms with Gasteiger partial charge in [-0.15, -0.1) is 0 Å². The lowest BCUT2D eigenvalue weighted by Gasteiger charge is -2.09. The molecule has 0 aliphatic heterocycles. The van der Waals surface area contributed by atoms with Crippen molar-refractivity contribution in [2.24, 2.45) is 0 Å². The maximum atomic E-state index is 12.6. The van der Waals surface area contributed by atoms with Gasteiger partial charge >= 0.3 is 0 Å². The highest BCUT2D eigenvalue weighted by molar-refractivity contribution is 6.35. The molecular weight excluding hydrogens is 326 g/mol. The number of benzene rings is 1. The third kappa shape index (κ3) is 3.41. The van der Waals surface area contributed by atoms with Crippen LogP contribution in [0.3, 0.4) is 0 Å². The number of nitrogens with zero attached hydrogens (tertiary/aromatic N) is 2. The molecule has 6 heteroatoms. The molecule has 0 bridgehead atoms. The summed E-state index contributed by atoms with van der Waals surface area (Å²) in [5.41, 5.74) is 2.83. The van der Waals surface area contributed by atoms with E-state index in [2.05, 4.69) is 22.4 Å². The van der Waals surface area contributed by atoms with Crippen LogP contribution in [0, 0.1) is 6.92 Å². The van der Waals surface area contributed by atoms with Crippen LogP contribution in [-0.2, 0) is 13.0 Å². The van der Waals surface area contributed by atoms with Crippen molar-refractivity contribution in [2.75, 3.05) is 0 Å². The first kappa shape index (κ1) is 16.5. The molecule has 24 heavy (non-hydrogen) atoms. The number of fused-ring (bicyclic) bond motifs is 1. The Kier molecular flexibility index (Phi) is 4.81. The topological polar surface area (TPSA) is 68.0 Å². The summed E-state index contributed by atoms with van der Waals surface area (Å²) in [6.45, 7) is 4.21. The summed E-state index contributed by atoms with van der Waals surface area (Å²) >= 11 is 6.19. The molecule has 1 aromatic carbocycles. The Morgan fingerprint density at radius 1 is 1.33 bits per heavy atom. The summed E-state index contributed by atoms with van der Waals surface area (Å²) in [4.78, 5) is 17.0. The van der Waals surface area contributed by atoms with Crippen molar-refractivity contribution in [3.63, 3.8) is 0 Å². The number of hydrogen-bond acceptors (Lipinski definition) is 4. The highest BCUT2D eigenvalue weighted by atomic mass is 35.5. The van der Waals surface area contributed by atoms with Gasteiger partial charge < -0.3 is 9.84 Å². The molecule has 0 saturated heterocycles. The zero-order valence-electron chi connectivity index (χ0n) is 13.6. The van der Waals surface area contributed by atoms with E-state index in [1.807, 2.05) is 25.1 Å². The molecule has 0 fully saturated rings. The number of amides is 1. The Balaban J connectivity index is 1.82. The van der Waals surface area contributed by atoms with Crippen molar-refractivity contribution in [1.29, 1.82) is 0 Å². The summed E-state index contributed by atoms with van der Waals surface area (Å²) in [6.07, 6.45) is 1.87. The Hall–Kier alpha value is -2.40. The van der Waals surface area contributed by atoms with Crippen molar-refractivity contribution < 1.29 is 9.32 Å². The van der Waals surface area contributed by atoms with Crippen LogP contribution in [-0.4, -0.2) is 16.0 Å². The van der Waals surface area contributed by atoms with Gasteiger partial charge in [-0.1, -0.05) is 42.2 Å². The van der Waals surface area contributed by atoms with Crippen LogP contribution in [0.2, 0.25) is 5.02 Å². The zero-order valence-corrected chi connectivity index (χ0v) is 14.4. The van der Waals surface area contributed by atoms with Crippen LogP contribution >= 0.6 is 11.6 Å². The average molecular weight is 344 g/mol. The van der Waals surface area contributed by atoms with E-state index in [-0.39, 0.29) is 5.91 Å². The second-order valence-electron chi connectivity index (χ2n) is 5.66. The van der Waals surface area contributed by atoms with E-state index in [1.54, 1.807) is 12.1 Å². The zero-order chi connectivity index (χ0) is 17.1. The Bertz CT molecular complexity index is 889. The van der Waals surface area contributed by atoms with E-state index in [0.717, 1.165) is 29.6 Å². The molecule has 3 aromatic rings. The molecule has 0 aliphatic rings. The van der Waals surface area contributed by atoms with Gasteiger partial charge in [0, 0.05) is 17.1 Å². The Labute approximate surface area is 145 Å². The van der Waals surface area contributed by atoms with Crippen LogP contribution in [0.5, 0.6) is 0 Å². The average Bonchev–Trinajstić information content (AvgIpc) is 3.01. The normalized spacial score (nSPS) is 11.0. The molecule has 5 nitrogen and oxygen atoms in total. The summed E-state index contributed by atoms with van der Waals surface area (Å²) < 4.78 is 5.24. The van der Waals surface area contributed by atoms with E-state index in [1.165, 1.54) is 0 Å². The monoisotopic (exact) mass is 343 g/mol. The lowest BCUT2D eigenvalue weighted by molar-refractivity contribution is 0.0948. The standard InChI is InChI=1S/C18H18ClN3O2/c1-3-5-12-9-13(24-22-12)10-20-18(23)15-8-11(2)21-17-14(15)6-4-7-16(17)19/h4,6-9H,3,5,10H2,1-2H3,(H,20,23). The molecular formula is C18H18ClN3O2. The maximum absolute atomic E-state index is 12.6. The van der Waals surface area contributed by atoms with Crippen molar-refractivity contribution in [2.45, 2.75) is 33.2 Å². The van der Waals surface area contributed by atoms with Crippen molar-refractivity contribution in [1.82, 2.24) is 15.5 Å². The van der Waals surface area contributed by atoms with Crippen molar-refractivity contribution in [3.05, 3.63) is 58.1 Å². The number of para-hydroxylation sites is 1. The number of rotatable bonds is 5. The molecule has 0 radical (unpaired) electrons. The van der Waals surface area contributed by atoms with Crippen LogP contribution in [0.15, 0.2) is 34.9 Å². The molecule has 0 atom stereocenters. The van der Waals surface area contributed by atoms with Gasteiger partial charge in [0.25, 0.3) is 5.91 Å². The third-order valence-corrected chi connectivity index (χ3v) is 4.01. The highest BCUT2D eigenvalue weighted by Gasteiger charge is 2.14. The van der Waals surface area contributed by atoms with Gasteiger partial charge in [-0.25, -0.2) is 0 Å². The largest absolute Gasteiger partial charge is 0.359 e. The summed E-state index contributed by atoms with van der Waals surface area (Å²) in [5, 5.41) is 8.11. The van der Waals surface area contributed by atoms with E-state index in [0.29, 0.717) is 28.4 Å². The fourth-order valence-electron chi connectivity index (χ4n) is 2.61. The van der Waals surface area contributed by atoms with Gasteiger partial charge in [0.15, 0.2) is 5.76 Å². The predicted octanol–water partition coefficient (Wildman–Crippen LogP) is 4.07. The molecule has 0 aliphatic carbocycles. The van der Waals surface area contributed by atoms with Crippen LogP contribution < -0.4 is 5.32 Å². The first-order valence-electron chi connectivity index (χ1n) is 7.87. The third-order valence-electron chi connectivity index (χ3n) is 3.70. The van der Waals surface area contributed by atoms with Gasteiger partial charge in [-0.05, 0) is 25.5 Å². The van der Waals surface area contributed by atoms with E-state index >= 15 is 0 Å². The molecule has 124 valence electrons. The fourth-order valence-corrected chi connectivity index (χ4v) is 2.82. The minimum atomic E-state index is -0.193. The Morgan fingerprint density at radius 3 is 2.96 bits per heavy atom. The van der Waals surface area contributed by atoms with E-state index < -0.39 is 0 Å². The predicted molar refractivity (Wildman–Crippen MR) is 93.2 cm³/mol. The van der Waals surface area contributed by atoms with Gasteiger partial charge in [0.05, 0.1) is 28.3 Å². The first-order chi connectivity index (χ1) is 11.6. The smallest absolute Gasteiger partial charge is 0.252 e. The highest BCUT2D eigenvalue weighted by Crippen LogP contribution is 2.25. The molecule has 0 saturated carbocycles. The molecule has 1 N–H and O–H groups in total. The second kappa shape index (κ2) is 7.01. The molecule has 2 heterocycles.